The summed E-state index contributed by atoms with van der Waals surface area (Å²) in [5.74, 6) is 11.8. The standard InChI is InChI=1S/C18H29BN2O2.C18H28BNO2.C17H24BNO2.C17H23BO3/c1-17(2)18(3,4)23-19(22-17)16-8-6-15(7-9-16)14-21-12-10-20(5)11-13-21;1-17(2)18(3,4)22-19(21-17)16-10-8-15(9-11-16)14-20-12-6-5-7-13-20;2*1-15(2,19)12-11-13-7-9-14(10-8-13)18-20-16(3,4)17(5,6)21-18/h6-9H,10-14H2,1-5H3;8-11H,5-7,12-14H2,1-4H3;7-10H,19H2,1-6H3;7-10,19H,1-6H3. The van der Waals surface area contributed by atoms with Gasteiger partial charge in [0.15, 0.2) is 0 Å². The van der Waals surface area contributed by atoms with Gasteiger partial charge in [0.05, 0.1) is 50.3 Å². The van der Waals surface area contributed by atoms with Crippen LogP contribution in [-0.2, 0) is 50.3 Å². The summed E-state index contributed by atoms with van der Waals surface area (Å²) in [6.45, 7) is 49.4. The number of likely N-dealkylation sites (N-methyl/N-ethyl adjacent to an activating group) is 1. The number of nitrogens with two attached hydrogens (primary N) is 1. The number of aliphatic hydroxyl groups is 1. The van der Waals surface area contributed by atoms with Crippen LogP contribution in [0.1, 0.15) is 180 Å². The first kappa shape index (κ1) is 70.2. The van der Waals surface area contributed by atoms with Crippen LogP contribution in [-0.4, -0.2) is 151 Å². The summed E-state index contributed by atoms with van der Waals surface area (Å²) >= 11 is 0. The lowest BCUT2D eigenvalue weighted by atomic mass is 9.79. The van der Waals surface area contributed by atoms with Crippen LogP contribution in [0.2, 0.25) is 0 Å². The van der Waals surface area contributed by atoms with Crippen LogP contribution < -0.4 is 27.6 Å². The minimum absolute atomic E-state index is 0.256. The second-order valence-corrected chi connectivity index (χ2v) is 29.8. The lowest BCUT2D eigenvalue weighted by Gasteiger charge is -2.32. The van der Waals surface area contributed by atoms with Gasteiger partial charge in [0.25, 0.3) is 0 Å². The normalized spacial score (nSPS) is 22.5. The van der Waals surface area contributed by atoms with Crippen LogP contribution in [0.4, 0.5) is 0 Å². The molecule has 6 aliphatic rings. The second-order valence-electron chi connectivity index (χ2n) is 29.8. The molecule has 0 unspecified atom stereocenters. The van der Waals surface area contributed by atoms with Gasteiger partial charge in [0.2, 0.25) is 0 Å². The van der Waals surface area contributed by atoms with Crippen LogP contribution in [0.5, 0.6) is 0 Å². The molecule has 0 atom stereocenters. The summed E-state index contributed by atoms with van der Waals surface area (Å²) in [7, 11) is 0.984. The zero-order chi connectivity index (χ0) is 64.2. The molecule has 470 valence electrons. The third-order valence-corrected chi connectivity index (χ3v) is 18.8. The van der Waals surface area contributed by atoms with Crippen LogP contribution in [0, 0.1) is 23.7 Å². The molecule has 4 aromatic rings. The first-order valence-corrected chi connectivity index (χ1v) is 31.7. The first-order chi connectivity index (χ1) is 40.1. The highest BCUT2D eigenvalue weighted by molar-refractivity contribution is 6.63. The summed E-state index contributed by atoms with van der Waals surface area (Å²) in [5.41, 5.74) is 10.7. The van der Waals surface area contributed by atoms with Crippen molar-refractivity contribution < 1.29 is 42.3 Å². The second kappa shape index (κ2) is 27.3. The third kappa shape index (κ3) is 18.9. The van der Waals surface area contributed by atoms with E-state index in [-0.39, 0.29) is 73.3 Å². The summed E-state index contributed by atoms with van der Waals surface area (Å²) in [5, 5.41) is 9.61. The molecule has 0 bridgehead atoms. The highest BCUT2D eigenvalue weighted by atomic mass is 16.7. The van der Waals surface area contributed by atoms with E-state index in [1.165, 1.54) is 43.5 Å². The SMILES string of the molecule is CC(C)(N)C#Cc1ccc(B2OC(C)(C)C(C)(C)O2)cc1.CC(C)(O)C#Cc1ccc(B2OC(C)(C)C(C)(C)O2)cc1.CC1(C)OB(c2ccc(CN3CCCCC3)cc2)OC1(C)C.CN1CCN(Cc2ccc(B3OC(C)(C)C(C)(C)O3)cc2)CC1. The zero-order valence-corrected chi connectivity index (χ0v) is 57.0. The zero-order valence-electron chi connectivity index (χ0n) is 57.0. The Kier molecular flexibility index (Phi) is 22.0. The molecular formula is C70H104B4N4O9. The molecule has 10 rings (SSSR count). The fourth-order valence-corrected chi connectivity index (χ4v) is 10.0. The molecule has 17 heteroatoms. The molecule has 4 aromatic carbocycles. The van der Waals surface area contributed by atoms with Crippen LogP contribution in [0.25, 0.3) is 0 Å². The Labute approximate surface area is 526 Å². The van der Waals surface area contributed by atoms with E-state index in [4.69, 9.17) is 43.0 Å². The summed E-state index contributed by atoms with van der Waals surface area (Å²) < 4.78 is 48.5. The lowest BCUT2D eigenvalue weighted by Crippen LogP contribution is -2.43. The highest BCUT2D eigenvalue weighted by Crippen LogP contribution is 2.39. The summed E-state index contributed by atoms with van der Waals surface area (Å²) in [6, 6.07) is 33.1. The fourth-order valence-electron chi connectivity index (χ4n) is 10.0. The number of likely N-dealkylation sites (tertiary alicyclic amines) is 1. The van der Waals surface area contributed by atoms with Crippen molar-refractivity contribution >= 4 is 50.3 Å². The number of piperidine rings is 1. The third-order valence-electron chi connectivity index (χ3n) is 18.8. The van der Waals surface area contributed by atoms with E-state index in [1.807, 2.05) is 90.1 Å². The van der Waals surface area contributed by atoms with E-state index in [2.05, 4.69) is 177 Å². The minimum Gasteiger partial charge on any atom is -0.399 e. The molecule has 6 heterocycles. The van der Waals surface area contributed by atoms with Crippen LogP contribution in [0.15, 0.2) is 97.1 Å². The molecule has 87 heavy (non-hydrogen) atoms. The van der Waals surface area contributed by atoms with Crippen molar-refractivity contribution in [2.24, 2.45) is 5.73 Å². The van der Waals surface area contributed by atoms with Crippen molar-refractivity contribution in [3.05, 3.63) is 119 Å². The molecule has 6 fully saturated rings. The van der Waals surface area contributed by atoms with Gasteiger partial charge < -0.3 is 53.0 Å². The minimum atomic E-state index is -0.982. The predicted octanol–water partition coefficient (Wildman–Crippen LogP) is 8.89. The van der Waals surface area contributed by atoms with Gasteiger partial charge >= 0.3 is 28.5 Å². The van der Waals surface area contributed by atoms with Gasteiger partial charge in [-0.2, -0.15) is 0 Å². The number of nitrogens with zero attached hydrogens (tertiary/aromatic N) is 3. The number of piperazine rings is 1. The Morgan fingerprint density at radius 3 is 0.908 bits per heavy atom. The lowest BCUT2D eigenvalue weighted by molar-refractivity contribution is 0.00578. The van der Waals surface area contributed by atoms with E-state index >= 15 is 0 Å². The smallest absolute Gasteiger partial charge is 0.399 e. The molecule has 0 aromatic heterocycles. The molecular weight excluding hydrogens is 1080 g/mol. The van der Waals surface area contributed by atoms with Crippen LogP contribution in [0.3, 0.4) is 0 Å². The maximum Gasteiger partial charge on any atom is 0.494 e. The Morgan fingerprint density at radius 2 is 0.644 bits per heavy atom. The van der Waals surface area contributed by atoms with Gasteiger partial charge in [-0.1, -0.05) is 103 Å². The van der Waals surface area contributed by atoms with E-state index in [9.17, 15) is 5.11 Å². The van der Waals surface area contributed by atoms with Crippen molar-refractivity contribution in [2.75, 3.05) is 46.3 Å². The molecule has 3 N–H and O–H groups in total. The largest absolute Gasteiger partial charge is 0.494 e. The van der Waals surface area contributed by atoms with Crippen molar-refractivity contribution in [3.63, 3.8) is 0 Å². The predicted molar refractivity (Wildman–Crippen MR) is 359 cm³/mol. The van der Waals surface area contributed by atoms with Crippen molar-refractivity contribution in [3.8, 4) is 23.7 Å². The molecule has 0 aliphatic carbocycles. The van der Waals surface area contributed by atoms with Crippen molar-refractivity contribution in [1.29, 1.82) is 0 Å². The van der Waals surface area contributed by atoms with Gasteiger partial charge in [-0.05, 0) is 229 Å². The van der Waals surface area contributed by atoms with E-state index in [0.29, 0.717) is 0 Å². The van der Waals surface area contributed by atoms with Gasteiger partial charge in [-0.25, -0.2) is 0 Å². The van der Waals surface area contributed by atoms with Gasteiger partial charge in [-0.3, -0.25) is 9.80 Å². The summed E-state index contributed by atoms with van der Waals surface area (Å²) in [4.78, 5) is 7.45. The van der Waals surface area contributed by atoms with Gasteiger partial charge in [0.1, 0.15) is 5.60 Å². The maximum absolute atomic E-state index is 9.61. The van der Waals surface area contributed by atoms with E-state index in [1.54, 1.807) is 13.8 Å². The topological polar surface area (TPSA) is 130 Å². The molecule has 13 nitrogen and oxygen atoms in total. The number of benzene rings is 4. The highest BCUT2D eigenvalue weighted by Gasteiger charge is 2.55. The molecule has 6 saturated heterocycles. The summed E-state index contributed by atoms with van der Waals surface area (Å²) in [6.07, 6.45) is 4.06. The monoisotopic (exact) mass is 1190 g/mol. The van der Waals surface area contributed by atoms with Crippen molar-refractivity contribution in [1.82, 2.24) is 14.7 Å². The molecule has 6 aliphatic heterocycles. The Hall–Kier alpha value is -4.26. The number of hydrogen-bond acceptors (Lipinski definition) is 13. The van der Waals surface area contributed by atoms with Gasteiger partial charge in [0, 0.05) is 50.4 Å². The average Bonchev–Trinajstić information content (AvgIpc) is 1.77. The molecule has 0 spiro atoms. The quantitative estimate of drug-likeness (QED) is 0.129. The van der Waals surface area contributed by atoms with E-state index < -0.39 is 11.1 Å². The van der Waals surface area contributed by atoms with Crippen LogP contribution >= 0.6 is 0 Å². The molecule has 0 radical (unpaired) electrons. The van der Waals surface area contributed by atoms with E-state index in [0.717, 1.165) is 72.2 Å². The Morgan fingerprint density at radius 1 is 0.391 bits per heavy atom. The number of rotatable bonds is 8. The Bertz CT molecular complexity index is 2840. The Balaban J connectivity index is 0.000000166. The van der Waals surface area contributed by atoms with Gasteiger partial charge in [-0.15, -0.1) is 0 Å². The first-order valence-electron chi connectivity index (χ1n) is 31.7. The molecule has 0 saturated carbocycles. The fraction of sp³-hybridized carbons (Fsp3) is 0.600. The van der Waals surface area contributed by atoms with Crippen molar-refractivity contribution in [2.45, 2.75) is 227 Å². The number of hydrogen-bond donors (Lipinski definition) is 2. The average molecular weight is 1190 g/mol. The molecule has 0 amide bonds. The maximum atomic E-state index is 9.61.